The highest BCUT2D eigenvalue weighted by Gasteiger charge is 2.38. The van der Waals surface area contributed by atoms with E-state index in [1.807, 2.05) is 0 Å². The highest BCUT2D eigenvalue weighted by Crippen LogP contribution is 2.32. The maximum Gasteiger partial charge on any atom is 0.307 e. The molecule has 2 atom stereocenters. The predicted octanol–water partition coefficient (Wildman–Crippen LogP) is 1.58. The SMILES string of the molecule is COc1cc(Cl)nc(NC(=O)C2CCCC2C(=O)O)n1. The van der Waals surface area contributed by atoms with Gasteiger partial charge in [0.25, 0.3) is 0 Å². The summed E-state index contributed by atoms with van der Waals surface area (Å²) < 4.78 is 4.92. The van der Waals surface area contributed by atoms with Crippen LogP contribution in [-0.4, -0.2) is 34.1 Å². The van der Waals surface area contributed by atoms with Crippen LogP contribution in [0.2, 0.25) is 5.15 Å². The van der Waals surface area contributed by atoms with Crippen LogP contribution in [0, 0.1) is 11.8 Å². The molecule has 7 nitrogen and oxygen atoms in total. The van der Waals surface area contributed by atoms with E-state index in [-0.39, 0.29) is 17.0 Å². The normalized spacial score (nSPS) is 21.5. The molecule has 108 valence electrons. The molecule has 0 spiro atoms. The number of halogens is 1. The summed E-state index contributed by atoms with van der Waals surface area (Å²) in [4.78, 5) is 31.0. The van der Waals surface area contributed by atoms with Crippen LogP contribution in [0.15, 0.2) is 6.07 Å². The Morgan fingerprint density at radius 3 is 2.75 bits per heavy atom. The number of nitrogens with one attached hydrogen (secondary N) is 1. The molecule has 2 unspecified atom stereocenters. The van der Waals surface area contributed by atoms with Gasteiger partial charge in [0, 0.05) is 6.07 Å². The lowest BCUT2D eigenvalue weighted by Gasteiger charge is -2.14. The molecule has 1 aromatic rings. The van der Waals surface area contributed by atoms with Gasteiger partial charge >= 0.3 is 5.97 Å². The number of methoxy groups -OCH3 is 1. The molecule has 2 N–H and O–H groups in total. The molecule has 1 aliphatic rings. The molecule has 1 aromatic heterocycles. The van der Waals surface area contributed by atoms with E-state index in [0.717, 1.165) is 6.42 Å². The van der Waals surface area contributed by atoms with Crippen molar-refractivity contribution in [2.24, 2.45) is 11.8 Å². The van der Waals surface area contributed by atoms with Gasteiger partial charge in [0.2, 0.25) is 17.7 Å². The van der Waals surface area contributed by atoms with Gasteiger partial charge in [-0.15, -0.1) is 0 Å². The third-order valence-electron chi connectivity index (χ3n) is 3.29. The zero-order valence-corrected chi connectivity index (χ0v) is 11.6. The molecular formula is C12H14ClN3O4. The second kappa shape index (κ2) is 6.04. The third-order valence-corrected chi connectivity index (χ3v) is 3.48. The molecule has 0 radical (unpaired) electrons. The summed E-state index contributed by atoms with van der Waals surface area (Å²) in [6, 6.07) is 1.41. The second-order valence-electron chi connectivity index (χ2n) is 4.53. The predicted molar refractivity (Wildman–Crippen MR) is 70.7 cm³/mol. The Hall–Kier alpha value is -1.89. The molecule has 1 saturated carbocycles. The molecular weight excluding hydrogens is 286 g/mol. The number of rotatable bonds is 4. The van der Waals surface area contributed by atoms with Gasteiger partial charge in [-0.2, -0.15) is 4.98 Å². The summed E-state index contributed by atoms with van der Waals surface area (Å²) in [6.45, 7) is 0. The summed E-state index contributed by atoms with van der Waals surface area (Å²) in [5.41, 5.74) is 0. The van der Waals surface area contributed by atoms with Crippen LogP contribution in [0.3, 0.4) is 0 Å². The van der Waals surface area contributed by atoms with Crippen molar-refractivity contribution < 1.29 is 19.4 Å². The first-order valence-corrected chi connectivity index (χ1v) is 6.51. The number of aromatic nitrogens is 2. The van der Waals surface area contributed by atoms with Crippen molar-refractivity contribution in [2.75, 3.05) is 12.4 Å². The fourth-order valence-electron chi connectivity index (χ4n) is 2.33. The minimum absolute atomic E-state index is 0.00962. The molecule has 20 heavy (non-hydrogen) atoms. The zero-order chi connectivity index (χ0) is 14.7. The summed E-state index contributed by atoms with van der Waals surface area (Å²) in [7, 11) is 1.42. The molecule has 1 amide bonds. The summed E-state index contributed by atoms with van der Waals surface area (Å²) in [6.07, 6.45) is 1.77. The highest BCUT2D eigenvalue weighted by atomic mass is 35.5. The number of carbonyl (C=O) groups is 2. The van der Waals surface area contributed by atoms with E-state index >= 15 is 0 Å². The fraction of sp³-hybridized carbons (Fsp3) is 0.500. The second-order valence-corrected chi connectivity index (χ2v) is 4.92. The van der Waals surface area contributed by atoms with Gasteiger partial charge in [0.05, 0.1) is 18.9 Å². The van der Waals surface area contributed by atoms with Crippen LogP contribution in [0.25, 0.3) is 0 Å². The standard InChI is InChI=1S/C12H14ClN3O4/c1-20-9-5-8(13)14-12(15-9)16-10(17)6-3-2-4-7(6)11(18)19/h5-7H,2-4H2,1H3,(H,18,19)(H,14,15,16,17). The molecule has 0 bridgehead atoms. The smallest absolute Gasteiger partial charge is 0.307 e. The zero-order valence-electron chi connectivity index (χ0n) is 10.8. The summed E-state index contributed by atoms with van der Waals surface area (Å²) >= 11 is 5.77. The monoisotopic (exact) mass is 299 g/mol. The van der Waals surface area contributed by atoms with E-state index in [4.69, 9.17) is 21.4 Å². The fourth-order valence-corrected chi connectivity index (χ4v) is 2.50. The van der Waals surface area contributed by atoms with Crippen molar-refractivity contribution in [2.45, 2.75) is 19.3 Å². The van der Waals surface area contributed by atoms with Crippen LogP contribution in [0.5, 0.6) is 5.88 Å². The maximum absolute atomic E-state index is 12.1. The topological polar surface area (TPSA) is 101 Å². The van der Waals surface area contributed by atoms with Gasteiger partial charge in [-0.25, -0.2) is 4.98 Å². The van der Waals surface area contributed by atoms with E-state index in [0.29, 0.717) is 12.8 Å². The molecule has 0 saturated heterocycles. The van der Waals surface area contributed by atoms with E-state index in [1.54, 1.807) is 0 Å². The summed E-state index contributed by atoms with van der Waals surface area (Å²) in [5.74, 6) is -2.35. The third kappa shape index (κ3) is 3.16. The highest BCUT2D eigenvalue weighted by molar-refractivity contribution is 6.29. The van der Waals surface area contributed by atoms with Crippen LogP contribution in [0.4, 0.5) is 5.95 Å². The minimum Gasteiger partial charge on any atom is -0.481 e. The van der Waals surface area contributed by atoms with Crippen molar-refractivity contribution in [1.82, 2.24) is 9.97 Å². The van der Waals surface area contributed by atoms with Crippen LogP contribution in [0.1, 0.15) is 19.3 Å². The van der Waals surface area contributed by atoms with Crippen LogP contribution >= 0.6 is 11.6 Å². The van der Waals surface area contributed by atoms with Gasteiger partial charge in [0.1, 0.15) is 5.15 Å². The Balaban J connectivity index is 2.11. The number of nitrogens with zero attached hydrogens (tertiary/aromatic N) is 2. The average molecular weight is 300 g/mol. The van der Waals surface area contributed by atoms with Crippen molar-refractivity contribution in [3.63, 3.8) is 0 Å². The maximum atomic E-state index is 12.1. The quantitative estimate of drug-likeness (QED) is 0.818. The van der Waals surface area contributed by atoms with Gasteiger partial charge in [-0.1, -0.05) is 18.0 Å². The first kappa shape index (κ1) is 14.5. The van der Waals surface area contributed by atoms with E-state index in [2.05, 4.69) is 15.3 Å². The number of carboxylic acid groups (broad SMARTS) is 1. The number of carboxylic acids is 1. The first-order valence-electron chi connectivity index (χ1n) is 6.13. The lowest BCUT2D eigenvalue weighted by atomic mass is 9.95. The number of hydrogen-bond acceptors (Lipinski definition) is 5. The van der Waals surface area contributed by atoms with Gasteiger partial charge in [0.15, 0.2) is 0 Å². The Bertz CT molecular complexity index is 537. The van der Waals surface area contributed by atoms with E-state index < -0.39 is 23.7 Å². The molecule has 1 heterocycles. The van der Waals surface area contributed by atoms with E-state index in [1.165, 1.54) is 13.2 Å². The Kier molecular flexibility index (Phi) is 4.39. The Morgan fingerprint density at radius 1 is 1.40 bits per heavy atom. The van der Waals surface area contributed by atoms with Gasteiger partial charge < -0.3 is 9.84 Å². The first-order chi connectivity index (χ1) is 9.51. The van der Waals surface area contributed by atoms with E-state index in [9.17, 15) is 9.59 Å². The number of hydrogen-bond donors (Lipinski definition) is 2. The molecule has 1 aliphatic carbocycles. The summed E-state index contributed by atoms with van der Waals surface area (Å²) in [5, 5.41) is 11.7. The number of ether oxygens (including phenoxy) is 1. The van der Waals surface area contributed by atoms with Gasteiger partial charge in [-0.05, 0) is 12.8 Å². The van der Waals surface area contributed by atoms with Crippen LogP contribution in [-0.2, 0) is 9.59 Å². The molecule has 0 aromatic carbocycles. The van der Waals surface area contributed by atoms with Crippen molar-refractivity contribution in [3.05, 3.63) is 11.2 Å². The van der Waals surface area contributed by atoms with Crippen molar-refractivity contribution in [3.8, 4) is 5.88 Å². The molecule has 8 heteroatoms. The Morgan fingerprint density at radius 2 is 2.10 bits per heavy atom. The molecule has 1 fully saturated rings. The van der Waals surface area contributed by atoms with Crippen LogP contribution < -0.4 is 10.1 Å². The van der Waals surface area contributed by atoms with Gasteiger partial charge in [-0.3, -0.25) is 14.9 Å². The lowest BCUT2D eigenvalue weighted by molar-refractivity contribution is -0.145. The Labute approximate surface area is 120 Å². The average Bonchev–Trinajstić information content (AvgIpc) is 2.87. The van der Waals surface area contributed by atoms with Crippen molar-refractivity contribution >= 4 is 29.4 Å². The lowest BCUT2D eigenvalue weighted by Crippen LogP contribution is -2.30. The molecule has 0 aliphatic heterocycles. The number of amides is 1. The number of carbonyl (C=O) groups excluding carboxylic acids is 1. The molecule has 2 rings (SSSR count). The minimum atomic E-state index is -0.952. The van der Waals surface area contributed by atoms with Crippen molar-refractivity contribution in [1.29, 1.82) is 0 Å². The number of anilines is 1. The number of aliphatic carboxylic acids is 1. The largest absolute Gasteiger partial charge is 0.481 e.